The second-order valence-electron chi connectivity index (χ2n) is 16.3. The van der Waals surface area contributed by atoms with Crippen LogP contribution in [0.5, 0.6) is 11.5 Å². The van der Waals surface area contributed by atoms with E-state index in [1.165, 1.54) is 24.0 Å². The van der Waals surface area contributed by atoms with E-state index in [1.807, 2.05) is 0 Å². The van der Waals surface area contributed by atoms with Gasteiger partial charge in [-0.1, -0.05) is 120 Å². The number of phenolic OH excluding ortho intramolecular Hbond substituents is 2. The lowest BCUT2D eigenvalue weighted by atomic mass is 9.78. The fourth-order valence-corrected chi connectivity index (χ4v) is 5.77. The summed E-state index contributed by atoms with van der Waals surface area (Å²) in [5.41, 5.74) is 6.25. The number of hydrogen-bond donors (Lipinski definition) is 4. The number of benzene rings is 2. The van der Waals surface area contributed by atoms with Crippen LogP contribution in [0.3, 0.4) is 0 Å². The van der Waals surface area contributed by atoms with Gasteiger partial charge in [0.1, 0.15) is 11.5 Å². The number of aromatic hydroxyl groups is 2. The van der Waals surface area contributed by atoms with Crippen LogP contribution in [-0.2, 0) is 34.7 Å². The van der Waals surface area contributed by atoms with E-state index in [0.29, 0.717) is 36.7 Å². The first-order chi connectivity index (χ1) is 18.2. The first-order valence-electron chi connectivity index (χ1n) is 15.4. The van der Waals surface area contributed by atoms with E-state index in [1.54, 1.807) is 0 Å². The second kappa shape index (κ2) is 11.7. The third kappa shape index (κ3) is 7.82. The number of phenols is 2. The Morgan fingerprint density at radius 3 is 1.15 bits per heavy atom. The first kappa shape index (κ1) is 32.5. The topological polar surface area (TPSA) is 64.5 Å². The van der Waals surface area contributed by atoms with Gasteiger partial charge in [0.15, 0.2) is 0 Å². The largest absolute Gasteiger partial charge is 0.507 e. The molecule has 0 aliphatic heterocycles. The highest BCUT2D eigenvalue weighted by Crippen LogP contribution is 2.39. The average Bonchev–Trinajstić information content (AvgIpc) is 2.80. The van der Waals surface area contributed by atoms with Gasteiger partial charge in [0, 0.05) is 36.3 Å². The zero-order valence-corrected chi connectivity index (χ0v) is 27.6. The van der Waals surface area contributed by atoms with Crippen LogP contribution in [0.1, 0.15) is 142 Å². The summed E-state index contributed by atoms with van der Waals surface area (Å²) in [5, 5.41) is 30.2. The molecular formula is C36H58N2O2. The van der Waals surface area contributed by atoms with Gasteiger partial charge in [0.05, 0.1) is 0 Å². The third-order valence-electron chi connectivity index (χ3n) is 8.60. The van der Waals surface area contributed by atoms with Crippen molar-refractivity contribution in [3.05, 3.63) is 57.6 Å². The van der Waals surface area contributed by atoms with Crippen LogP contribution in [0.2, 0.25) is 0 Å². The molecule has 224 valence electrons. The Hall–Kier alpha value is -2.04. The lowest BCUT2D eigenvalue weighted by molar-refractivity contribution is 0.279. The summed E-state index contributed by atoms with van der Waals surface area (Å²) in [7, 11) is 0. The highest BCUT2D eigenvalue weighted by molar-refractivity contribution is 5.50. The van der Waals surface area contributed by atoms with Crippen molar-refractivity contribution in [2.45, 2.75) is 156 Å². The monoisotopic (exact) mass is 550 g/mol. The molecule has 2 aromatic carbocycles. The van der Waals surface area contributed by atoms with E-state index in [2.05, 4.69) is 118 Å². The fraction of sp³-hybridized carbons (Fsp3) is 0.667. The maximum atomic E-state index is 11.3. The van der Waals surface area contributed by atoms with Crippen molar-refractivity contribution in [1.82, 2.24) is 10.6 Å². The molecule has 0 bridgehead atoms. The van der Waals surface area contributed by atoms with Gasteiger partial charge in [-0.15, -0.1) is 0 Å². The van der Waals surface area contributed by atoms with Gasteiger partial charge in [-0.2, -0.15) is 0 Å². The lowest BCUT2D eigenvalue weighted by Gasteiger charge is -2.34. The van der Waals surface area contributed by atoms with Crippen molar-refractivity contribution < 1.29 is 10.2 Å². The van der Waals surface area contributed by atoms with Crippen LogP contribution in [0.15, 0.2) is 24.3 Å². The maximum absolute atomic E-state index is 11.3. The minimum atomic E-state index is -0.134. The van der Waals surface area contributed by atoms with Crippen LogP contribution < -0.4 is 10.6 Å². The molecule has 0 heterocycles. The molecule has 0 saturated heterocycles. The Labute approximate surface area is 245 Å². The Balaban J connectivity index is 1.84. The number of nitrogens with one attached hydrogen (secondary N) is 2. The molecule has 0 radical (unpaired) electrons. The molecule has 1 fully saturated rings. The zero-order valence-electron chi connectivity index (χ0n) is 27.6. The summed E-state index contributed by atoms with van der Waals surface area (Å²) in [6.45, 7) is 27.7. The summed E-state index contributed by atoms with van der Waals surface area (Å²) < 4.78 is 0. The Bertz CT molecular complexity index is 1080. The summed E-state index contributed by atoms with van der Waals surface area (Å²) in [5.74, 6) is 0.846. The Morgan fingerprint density at radius 2 is 0.875 bits per heavy atom. The van der Waals surface area contributed by atoms with Gasteiger partial charge in [-0.05, 0) is 56.8 Å². The molecule has 4 N–H and O–H groups in total. The van der Waals surface area contributed by atoms with Gasteiger partial charge in [-0.25, -0.2) is 0 Å². The van der Waals surface area contributed by atoms with Crippen molar-refractivity contribution in [2.24, 2.45) is 0 Å². The van der Waals surface area contributed by atoms with E-state index < -0.39 is 0 Å². The van der Waals surface area contributed by atoms with Crippen LogP contribution in [-0.4, -0.2) is 22.3 Å². The molecule has 1 aliphatic rings. The SMILES string of the molecule is CC(C)(C)c1cc(CN[C@@H]2CCCC[C@H]2NCc2cc(C(C)(C)C)cc(C(C)(C)C)c2O)c(O)c(C(C)(C)C)c1. The van der Waals surface area contributed by atoms with Crippen molar-refractivity contribution >= 4 is 0 Å². The maximum Gasteiger partial charge on any atom is 0.123 e. The van der Waals surface area contributed by atoms with Crippen molar-refractivity contribution in [2.75, 3.05) is 0 Å². The minimum Gasteiger partial charge on any atom is -0.507 e. The molecular weight excluding hydrogens is 492 g/mol. The smallest absolute Gasteiger partial charge is 0.123 e. The fourth-order valence-electron chi connectivity index (χ4n) is 5.77. The predicted octanol–water partition coefficient (Wildman–Crippen LogP) is 8.48. The lowest BCUT2D eigenvalue weighted by Crippen LogP contribution is -2.49. The summed E-state index contributed by atoms with van der Waals surface area (Å²) >= 11 is 0. The molecule has 0 spiro atoms. The third-order valence-corrected chi connectivity index (χ3v) is 8.60. The first-order valence-corrected chi connectivity index (χ1v) is 15.4. The van der Waals surface area contributed by atoms with Crippen LogP contribution in [0.4, 0.5) is 0 Å². The van der Waals surface area contributed by atoms with Crippen LogP contribution in [0.25, 0.3) is 0 Å². The Kier molecular flexibility index (Phi) is 9.48. The summed E-state index contributed by atoms with van der Waals surface area (Å²) in [6.07, 6.45) is 4.61. The normalized spacial score (nSPS) is 19.2. The molecule has 3 rings (SSSR count). The quantitative estimate of drug-likeness (QED) is 0.291. The summed E-state index contributed by atoms with van der Waals surface area (Å²) in [4.78, 5) is 0. The standard InChI is InChI=1S/C36H58N2O2/c1-33(2,3)25-17-23(31(39)27(19-25)35(7,8)9)21-37-29-15-13-14-16-30(29)38-22-24-18-26(34(4,5)6)20-28(32(24)40)36(10,11)12/h17-20,29-30,37-40H,13-16,21-22H2,1-12H3/t29-,30-/m1/s1. The molecule has 2 atom stereocenters. The predicted molar refractivity (Wildman–Crippen MR) is 171 cm³/mol. The van der Waals surface area contributed by atoms with Crippen LogP contribution >= 0.6 is 0 Å². The van der Waals surface area contributed by atoms with Gasteiger partial charge < -0.3 is 20.8 Å². The van der Waals surface area contributed by atoms with E-state index in [-0.39, 0.29) is 21.7 Å². The second-order valence-corrected chi connectivity index (χ2v) is 16.3. The average molecular weight is 551 g/mol. The number of rotatable bonds is 6. The minimum absolute atomic E-state index is 0.00683. The van der Waals surface area contributed by atoms with E-state index in [9.17, 15) is 10.2 Å². The molecule has 1 aliphatic carbocycles. The molecule has 0 aromatic heterocycles. The number of hydrogen-bond acceptors (Lipinski definition) is 4. The molecule has 40 heavy (non-hydrogen) atoms. The molecule has 2 aromatic rings. The molecule has 4 nitrogen and oxygen atoms in total. The van der Waals surface area contributed by atoms with Crippen LogP contribution in [0, 0.1) is 0 Å². The molecule has 4 heteroatoms. The van der Waals surface area contributed by atoms with Gasteiger partial charge in [-0.3, -0.25) is 0 Å². The molecule has 0 unspecified atom stereocenters. The van der Waals surface area contributed by atoms with E-state index in [4.69, 9.17) is 0 Å². The highest BCUT2D eigenvalue weighted by atomic mass is 16.3. The zero-order chi connectivity index (χ0) is 30.3. The summed E-state index contributed by atoms with van der Waals surface area (Å²) in [6, 6.07) is 9.36. The van der Waals surface area contributed by atoms with Crippen molar-refractivity contribution in [1.29, 1.82) is 0 Å². The molecule has 0 amide bonds. The van der Waals surface area contributed by atoms with E-state index >= 15 is 0 Å². The highest BCUT2D eigenvalue weighted by Gasteiger charge is 2.29. The molecule has 1 saturated carbocycles. The van der Waals surface area contributed by atoms with E-state index in [0.717, 1.165) is 35.1 Å². The van der Waals surface area contributed by atoms with Gasteiger partial charge in [0.2, 0.25) is 0 Å². The van der Waals surface area contributed by atoms with Gasteiger partial charge >= 0.3 is 0 Å². The van der Waals surface area contributed by atoms with Gasteiger partial charge in [0.25, 0.3) is 0 Å². The van der Waals surface area contributed by atoms with Crippen molar-refractivity contribution in [3.63, 3.8) is 0 Å². The Morgan fingerprint density at radius 1 is 0.550 bits per heavy atom. The van der Waals surface area contributed by atoms with Crippen molar-refractivity contribution in [3.8, 4) is 11.5 Å².